The Labute approximate surface area is 116 Å². The molecule has 1 aromatic carbocycles. The van der Waals surface area contributed by atoms with Crippen LogP contribution >= 0.6 is 23.1 Å². The highest BCUT2D eigenvalue weighted by molar-refractivity contribution is 8.01. The summed E-state index contributed by atoms with van der Waals surface area (Å²) in [5, 5.41) is 7.07. The van der Waals surface area contributed by atoms with Crippen LogP contribution in [0, 0.1) is 0 Å². The molecule has 0 saturated carbocycles. The summed E-state index contributed by atoms with van der Waals surface area (Å²) >= 11 is 2.92. The zero-order valence-electron chi connectivity index (χ0n) is 10.1. The second-order valence-corrected chi connectivity index (χ2v) is 6.11. The lowest BCUT2D eigenvalue weighted by atomic mass is 10.3. The van der Waals surface area contributed by atoms with Gasteiger partial charge in [0.1, 0.15) is 0 Å². The SMILES string of the molecule is CCn1c(Sc2nc3ccc(N)cc3s2)n[nH]c1=O. The van der Waals surface area contributed by atoms with E-state index in [1.165, 1.54) is 23.1 Å². The molecule has 0 spiro atoms. The molecule has 3 N–H and O–H groups in total. The predicted octanol–water partition coefficient (Wildman–Crippen LogP) is 1.93. The smallest absolute Gasteiger partial charge is 0.343 e. The Morgan fingerprint density at radius 2 is 2.37 bits per heavy atom. The van der Waals surface area contributed by atoms with Gasteiger partial charge in [0.15, 0.2) is 9.50 Å². The largest absolute Gasteiger partial charge is 0.399 e. The molecule has 0 aliphatic carbocycles. The molecule has 0 aliphatic heterocycles. The van der Waals surface area contributed by atoms with E-state index in [4.69, 9.17) is 5.73 Å². The molecule has 3 rings (SSSR count). The zero-order chi connectivity index (χ0) is 13.4. The monoisotopic (exact) mass is 293 g/mol. The van der Waals surface area contributed by atoms with Gasteiger partial charge < -0.3 is 5.73 Å². The normalized spacial score (nSPS) is 11.2. The molecule has 6 nitrogen and oxygen atoms in total. The number of thiazole rings is 1. The van der Waals surface area contributed by atoms with Crippen molar-refractivity contribution < 1.29 is 0 Å². The van der Waals surface area contributed by atoms with Gasteiger partial charge in [-0.3, -0.25) is 4.57 Å². The van der Waals surface area contributed by atoms with E-state index in [1.54, 1.807) is 4.57 Å². The van der Waals surface area contributed by atoms with Gasteiger partial charge in [-0.05, 0) is 36.9 Å². The Morgan fingerprint density at radius 3 is 3.16 bits per heavy atom. The number of hydrogen-bond acceptors (Lipinski definition) is 6. The van der Waals surface area contributed by atoms with Gasteiger partial charge in [-0.15, -0.1) is 16.4 Å². The Kier molecular flexibility index (Phi) is 3.03. The standard InChI is InChI=1S/C11H11N5OS2/c1-2-16-9(17)14-15-10(16)19-11-13-7-4-3-6(12)5-8(7)18-11/h3-5H,2,12H2,1H3,(H,14,17). The van der Waals surface area contributed by atoms with E-state index in [0.29, 0.717) is 11.7 Å². The highest BCUT2D eigenvalue weighted by atomic mass is 32.2. The molecule has 2 heterocycles. The van der Waals surface area contributed by atoms with Crippen LogP contribution in [-0.4, -0.2) is 19.7 Å². The molecule has 19 heavy (non-hydrogen) atoms. The summed E-state index contributed by atoms with van der Waals surface area (Å²) in [7, 11) is 0. The molecule has 0 saturated heterocycles. The van der Waals surface area contributed by atoms with Crippen molar-refractivity contribution >= 4 is 39.0 Å². The topological polar surface area (TPSA) is 89.6 Å². The summed E-state index contributed by atoms with van der Waals surface area (Å²) < 4.78 is 3.45. The predicted molar refractivity (Wildman–Crippen MR) is 76.7 cm³/mol. The maximum absolute atomic E-state index is 11.5. The van der Waals surface area contributed by atoms with Gasteiger partial charge >= 0.3 is 5.69 Å². The number of aromatic amines is 1. The lowest BCUT2D eigenvalue weighted by Gasteiger charge is -1.97. The van der Waals surface area contributed by atoms with Crippen molar-refractivity contribution in [3.8, 4) is 0 Å². The van der Waals surface area contributed by atoms with Crippen LogP contribution in [0.5, 0.6) is 0 Å². The number of H-pyrrole nitrogens is 1. The second kappa shape index (κ2) is 4.71. The van der Waals surface area contributed by atoms with Crippen LogP contribution < -0.4 is 11.4 Å². The first kappa shape index (κ1) is 12.2. The molecular formula is C11H11N5OS2. The number of nitrogens with zero attached hydrogens (tertiary/aromatic N) is 3. The number of nitrogens with two attached hydrogens (primary N) is 1. The van der Waals surface area contributed by atoms with Gasteiger partial charge in [-0.1, -0.05) is 0 Å². The van der Waals surface area contributed by atoms with Gasteiger partial charge in [-0.2, -0.15) is 0 Å². The number of rotatable bonds is 3. The van der Waals surface area contributed by atoms with E-state index >= 15 is 0 Å². The number of benzene rings is 1. The van der Waals surface area contributed by atoms with Crippen molar-refractivity contribution in [1.29, 1.82) is 0 Å². The third-order valence-corrected chi connectivity index (χ3v) is 4.68. The number of fused-ring (bicyclic) bond motifs is 1. The molecule has 0 radical (unpaired) electrons. The fourth-order valence-electron chi connectivity index (χ4n) is 1.70. The summed E-state index contributed by atoms with van der Waals surface area (Å²) in [6.45, 7) is 2.48. The van der Waals surface area contributed by atoms with Crippen LogP contribution in [0.3, 0.4) is 0 Å². The number of anilines is 1. The van der Waals surface area contributed by atoms with Crippen LogP contribution in [-0.2, 0) is 6.54 Å². The van der Waals surface area contributed by atoms with Crippen molar-refractivity contribution in [2.75, 3.05) is 5.73 Å². The fourth-order valence-corrected chi connectivity index (χ4v) is 3.82. The number of nitrogens with one attached hydrogen (secondary N) is 1. The van der Waals surface area contributed by atoms with E-state index in [-0.39, 0.29) is 5.69 Å². The molecule has 0 unspecified atom stereocenters. The Balaban J connectivity index is 1.98. The van der Waals surface area contributed by atoms with E-state index in [9.17, 15) is 4.79 Å². The van der Waals surface area contributed by atoms with Crippen molar-refractivity contribution in [2.45, 2.75) is 23.0 Å². The Bertz CT molecular complexity index is 788. The number of hydrogen-bond donors (Lipinski definition) is 2. The lowest BCUT2D eigenvalue weighted by Crippen LogP contribution is -2.15. The van der Waals surface area contributed by atoms with Gasteiger partial charge in [0, 0.05) is 12.2 Å². The Hall–Kier alpha value is -1.80. The summed E-state index contributed by atoms with van der Waals surface area (Å²) in [6, 6.07) is 5.62. The van der Waals surface area contributed by atoms with Crippen molar-refractivity contribution in [3.05, 3.63) is 28.7 Å². The quantitative estimate of drug-likeness (QED) is 0.720. The van der Waals surface area contributed by atoms with Gasteiger partial charge in [-0.25, -0.2) is 14.9 Å². The summed E-state index contributed by atoms with van der Waals surface area (Å²) in [5.74, 6) is 0. The molecule has 0 atom stereocenters. The lowest BCUT2D eigenvalue weighted by molar-refractivity contribution is 0.660. The van der Waals surface area contributed by atoms with Gasteiger partial charge in [0.2, 0.25) is 0 Å². The van der Waals surface area contributed by atoms with Crippen molar-refractivity contribution in [1.82, 2.24) is 19.7 Å². The number of aromatic nitrogens is 4. The first-order valence-corrected chi connectivity index (χ1v) is 7.30. The fraction of sp³-hybridized carbons (Fsp3) is 0.182. The molecule has 2 aromatic heterocycles. The molecule has 0 bridgehead atoms. The zero-order valence-corrected chi connectivity index (χ0v) is 11.7. The van der Waals surface area contributed by atoms with Crippen molar-refractivity contribution in [2.24, 2.45) is 0 Å². The molecule has 0 fully saturated rings. The van der Waals surface area contributed by atoms with E-state index in [1.807, 2.05) is 25.1 Å². The van der Waals surface area contributed by atoms with E-state index in [2.05, 4.69) is 15.2 Å². The number of nitrogen functional groups attached to an aromatic ring is 1. The van der Waals surface area contributed by atoms with Gasteiger partial charge in [0.25, 0.3) is 0 Å². The molecule has 8 heteroatoms. The molecule has 3 aromatic rings. The third kappa shape index (κ3) is 2.24. The first-order valence-electron chi connectivity index (χ1n) is 5.66. The molecule has 0 aliphatic rings. The highest BCUT2D eigenvalue weighted by Crippen LogP contribution is 2.33. The molecule has 98 valence electrons. The van der Waals surface area contributed by atoms with E-state index < -0.39 is 0 Å². The first-order chi connectivity index (χ1) is 9.17. The Morgan fingerprint density at radius 1 is 1.53 bits per heavy atom. The average Bonchev–Trinajstić information content (AvgIpc) is 2.92. The van der Waals surface area contributed by atoms with Gasteiger partial charge in [0.05, 0.1) is 10.2 Å². The van der Waals surface area contributed by atoms with Crippen LogP contribution in [0.1, 0.15) is 6.92 Å². The minimum absolute atomic E-state index is 0.199. The second-order valence-electron chi connectivity index (χ2n) is 3.86. The van der Waals surface area contributed by atoms with Crippen LogP contribution in [0.15, 0.2) is 32.5 Å². The average molecular weight is 293 g/mol. The molecular weight excluding hydrogens is 282 g/mol. The minimum Gasteiger partial charge on any atom is -0.399 e. The van der Waals surface area contributed by atoms with Crippen LogP contribution in [0.4, 0.5) is 5.69 Å². The third-order valence-electron chi connectivity index (χ3n) is 2.61. The van der Waals surface area contributed by atoms with Crippen molar-refractivity contribution in [3.63, 3.8) is 0 Å². The summed E-state index contributed by atoms with van der Waals surface area (Å²) in [5.41, 5.74) is 7.17. The minimum atomic E-state index is -0.199. The maximum Gasteiger partial charge on any atom is 0.343 e. The summed E-state index contributed by atoms with van der Waals surface area (Å²) in [4.78, 5) is 16.0. The van der Waals surface area contributed by atoms with Crippen LogP contribution in [0.25, 0.3) is 10.2 Å². The van der Waals surface area contributed by atoms with E-state index in [0.717, 1.165) is 20.2 Å². The molecule has 0 amide bonds. The highest BCUT2D eigenvalue weighted by Gasteiger charge is 2.12. The van der Waals surface area contributed by atoms with Crippen LogP contribution in [0.2, 0.25) is 0 Å². The maximum atomic E-state index is 11.5. The summed E-state index contributed by atoms with van der Waals surface area (Å²) in [6.07, 6.45) is 0.